The summed E-state index contributed by atoms with van der Waals surface area (Å²) in [4.78, 5) is 0. The van der Waals surface area contributed by atoms with E-state index in [4.69, 9.17) is 5.26 Å². The zero-order valence-corrected chi connectivity index (χ0v) is 9.61. The molecule has 0 heterocycles. The predicted molar refractivity (Wildman–Crippen MR) is 45.4 cm³/mol. The number of oxime groups is 1. The van der Waals surface area contributed by atoms with Crippen molar-refractivity contribution in [1.29, 1.82) is 5.26 Å². The van der Waals surface area contributed by atoms with Crippen LogP contribution in [0.15, 0.2) is 35.5 Å². The Morgan fingerprint density at radius 2 is 2.08 bits per heavy atom. The van der Waals surface area contributed by atoms with Gasteiger partial charge in [0.2, 0.25) is 0 Å². The Kier molecular flexibility index (Phi) is 3.69. The average Bonchev–Trinajstić information content (AvgIpc) is 2.15. The van der Waals surface area contributed by atoms with Gasteiger partial charge in [-0.05, 0) is 0 Å². The number of benzene rings is 1. The van der Waals surface area contributed by atoms with Gasteiger partial charge in [0, 0.05) is 0 Å². The van der Waals surface area contributed by atoms with Gasteiger partial charge in [-0.2, -0.15) is 0 Å². The molecule has 1 rings (SSSR count). The van der Waals surface area contributed by atoms with E-state index in [1.54, 1.807) is 0 Å². The third-order valence-corrected chi connectivity index (χ3v) is 1.60. The van der Waals surface area contributed by atoms with Crippen molar-refractivity contribution in [3.8, 4) is 6.07 Å². The molecular formula is C8H5BiN2O. The van der Waals surface area contributed by atoms with Crippen LogP contribution in [0.2, 0.25) is 0 Å². The van der Waals surface area contributed by atoms with E-state index in [-0.39, 0.29) is 0 Å². The van der Waals surface area contributed by atoms with Crippen LogP contribution in [0.4, 0.5) is 0 Å². The summed E-state index contributed by atoms with van der Waals surface area (Å²) in [5, 5.41) is 12.3. The van der Waals surface area contributed by atoms with Crippen molar-refractivity contribution in [3.05, 3.63) is 35.9 Å². The van der Waals surface area contributed by atoms with Crippen LogP contribution in [0.1, 0.15) is 5.56 Å². The monoisotopic (exact) mass is 354 g/mol. The fraction of sp³-hybridized carbons (Fsp3) is 0. The molecule has 0 aliphatic rings. The number of nitrogens with zero attached hydrogens (tertiary/aromatic N) is 2. The Morgan fingerprint density at radius 1 is 1.42 bits per heavy atom. The summed E-state index contributed by atoms with van der Waals surface area (Å²) < 4.78 is 4.63. The molecule has 0 amide bonds. The van der Waals surface area contributed by atoms with Crippen LogP contribution < -0.4 is 0 Å². The van der Waals surface area contributed by atoms with Crippen molar-refractivity contribution in [2.75, 3.05) is 0 Å². The molecule has 0 bridgehead atoms. The summed E-state index contributed by atoms with van der Waals surface area (Å²) in [5.74, 6) is 0. The number of hydrogen-bond acceptors (Lipinski definition) is 3. The van der Waals surface area contributed by atoms with E-state index in [1.807, 2.05) is 36.4 Å². The standard InChI is InChI=1S/C8H6N2O.Bi/c9-6-8(10-11)7-4-2-1-3-5-7;/h1-5,11H;/q;+1/p-1. The van der Waals surface area contributed by atoms with E-state index >= 15 is 0 Å². The van der Waals surface area contributed by atoms with Crippen molar-refractivity contribution in [1.82, 2.24) is 0 Å². The molecular weight excluding hydrogens is 349 g/mol. The summed E-state index contributed by atoms with van der Waals surface area (Å²) in [7, 11) is 0. The Morgan fingerprint density at radius 3 is 2.58 bits per heavy atom. The maximum atomic E-state index is 8.66. The predicted octanol–water partition coefficient (Wildman–Crippen LogP) is 1.01. The molecule has 0 unspecified atom stereocenters. The minimum absolute atomic E-state index is 0.318. The molecule has 0 aromatic heterocycles. The molecule has 58 valence electrons. The topological polar surface area (TPSA) is 45.4 Å². The Balaban J connectivity index is 2.98. The third kappa shape index (κ3) is 2.28. The molecule has 2 radical (unpaired) electrons. The van der Waals surface area contributed by atoms with Gasteiger partial charge in [-0.1, -0.05) is 0 Å². The van der Waals surface area contributed by atoms with Crippen molar-refractivity contribution >= 4 is 30.9 Å². The van der Waals surface area contributed by atoms with Crippen molar-refractivity contribution in [2.45, 2.75) is 0 Å². The van der Waals surface area contributed by atoms with Crippen LogP contribution in [0, 0.1) is 11.3 Å². The summed E-state index contributed by atoms with van der Waals surface area (Å²) in [6.45, 7) is 0. The zero-order valence-electron chi connectivity index (χ0n) is 6.14. The number of nitriles is 1. The summed E-state index contributed by atoms with van der Waals surface area (Å²) in [5.41, 5.74) is 1.10. The van der Waals surface area contributed by atoms with Gasteiger partial charge in [-0.15, -0.1) is 0 Å². The van der Waals surface area contributed by atoms with Gasteiger partial charge in [-0.25, -0.2) is 0 Å². The molecule has 12 heavy (non-hydrogen) atoms. The van der Waals surface area contributed by atoms with Crippen molar-refractivity contribution in [3.63, 3.8) is 0 Å². The molecule has 0 fully saturated rings. The molecule has 0 aliphatic carbocycles. The van der Waals surface area contributed by atoms with Crippen molar-refractivity contribution in [2.24, 2.45) is 5.16 Å². The first-order chi connectivity index (χ1) is 5.88. The van der Waals surface area contributed by atoms with E-state index in [9.17, 15) is 0 Å². The average molecular weight is 354 g/mol. The van der Waals surface area contributed by atoms with Gasteiger partial charge >= 0.3 is 86.2 Å². The Hall–Kier alpha value is -0.937. The maximum absolute atomic E-state index is 8.66. The van der Waals surface area contributed by atoms with Gasteiger partial charge in [0.05, 0.1) is 0 Å². The SMILES string of the molecule is N#CC(=N[O][Bi])c1ccccc1. The number of rotatable bonds is 2. The van der Waals surface area contributed by atoms with E-state index in [1.165, 1.54) is 0 Å². The Bertz CT molecular complexity index is 316. The molecule has 4 heteroatoms. The molecule has 0 N–H and O–H groups in total. The van der Waals surface area contributed by atoms with Gasteiger partial charge in [0.25, 0.3) is 0 Å². The van der Waals surface area contributed by atoms with Gasteiger partial charge < -0.3 is 0 Å². The van der Waals surface area contributed by atoms with Crippen LogP contribution in [-0.2, 0) is 2.91 Å². The summed E-state index contributed by atoms with van der Waals surface area (Å²) in [6, 6.07) is 11.2. The fourth-order valence-corrected chi connectivity index (χ4v) is 1.09. The van der Waals surface area contributed by atoms with Gasteiger partial charge in [0.15, 0.2) is 0 Å². The second-order valence-corrected chi connectivity index (χ2v) is 2.63. The van der Waals surface area contributed by atoms with Crippen LogP contribution in [0.5, 0.6) is 0 Å². The van der Waals surface area contributed by atoms with E-state index < -0.39 is 0 Å². The quantitative estimate of drug-likeness (QED) is 0.452. The van der Waals surface area contributed by atoms with E-state index in [2.05, 4.69) is 8.07 Å². The molecule has 0 aliphatic heterocycles. The summed E-state index contributed by atoms with van der Waals surface area (Å²) >= 11 is 0.687. The second-order valence-electron chi connectivity index (χ2n) is 2.00. The number of hydrogen-bond donors (Lipinski definition) is 0. The van der Waals surface area contributed by atoms with Crippen molar-refractivity contribution < 1.29 is 2.91 Å². The van der Waals surface area contributed by atoms with Crippen LogP contribution >= 0.6 is 0 Å². The van der Waals surface area contributed by atoms with Crippen LogP contribution in [0.25, 0.3) is 0 Å². The fourth-order valence-electron chi connectivity index (χ4n) is 0.775. The van der Waals surface area contributed by atoms with Crippen LogP contribution in [-0.4, -0.2) is 30.9 Å². The molecule has 0 saturated heterocycles. The van der Waals surface area contributed by atoms with Gasteiger partial charge in [0.1, 0.15) is 0 Å². The first-order valence-corrected chi connectivity index (χ1v) is 4.64. The molecule has 1 aromatic rings. The first-order valence-electron chi connectivity index (χ1n) is 3.22. The first kappa shape index (κ1) is 9.15. The second kappa shape index (κ2) is 4.84. The molecule has 0 spiro atoms. The normalized spacial score (nSPS) is 10.5. The van der Waals surface area contributed by atoms with Gasteiger partial charge in [-0.3, -0.25) is 0 Å². The molecule has 0 atom stereocenters. The van der Waals surface area contributed by atoms with E-state index in [0.29, 0.717) is 30.9 Å². The molecule has 0 saturated carbocycles. The molecule has 3 nitrogen and oxygen atoms in total. The van der Waals surface area contributed by atoms with E-state index in [0.717, 1.165) is 5.56 Å². The Labute approximate surface area is 86.1 Å². The summed E-state index contributed by atoms with van der Waals surface area (Å²) in [6.07, 6.45) is 0. The van der Waals surface area contributed by atoms with Crippen LogP contribution in [0.3, 0.4) is 0 Å². The third-order valence-electron chi connectivity index (χ3n) is 1.29. The molecule has 1 aromatic carbocycles. The zero-order chi connectivity index (χ0) is 8.81. The minimum atomic E-state index is 0.318.